The van der Waals surface area contributed by atoms with Crippen LogP contribution in [0, 0.1) is 0 Å². The molecule has 0 fully saturated rings. The lowest BCUT2D eigenvalue weighted by Crippen LogP contribution is -2.23. The third kappa shape index (κ3) is 2.35. The zero-order valence-electron chi connectivity index (χ0n) is 10.1. The zero-order valence-corrected chi connectivity index (χ0v) is 10.1. The molecule has 0 saturated heterocycles. The summed E-state index contributed by atoms with van der Waals surface area (Å²) in [7, 11) is 0. The number of rotatable bonds is 3. The molecular weight excluding hydrogens is 244 g/mol. The number of hydrogen-bond donors (Lipinski definition) is 1. The second kappa shape index (κ2) is 4.97. The highest BCUT2D eigenvalue weighted by molar-refractivity contribution is 5.97. The van der Waals surface area contributed by atoms with Crippen LogP contribution in [0.5, 0.6) is 11.5 Å². The molecule has 1 aromatic carbocycles. The Hall–Kier alpha value is -2.56. The highest BCUT2D eigenvalue weighted by Crippen LogP contribution is 2.35. The van der Waals surface area contributed by atoms with Crippen molar-refractivity contribution in [3.63, 3.8) is 0 Å². The Morgan fingerprint density at radius 2 is 2.16 bits per heavy atom. The number of carbonyl (C=O) groups is 1. The van der Waals surface area contributed by atoms with Crippen LogP contribution in [0.25, 0.3) is 0 Å². The standard InChI is InChI=1S/C14H12N2O3/c17-14(16-8-10-4-1-2-7-15-10)11-5-3-6-12-13(11)19-9-18-12/h1-7H,8-9H2,(H,16,17). The van der Waals surface area contributed by atoms with E-state index in [1.807, 2.05) is 18.2 Å². The van der Waals surface area contributed by atoms with Gasteiger partial charge in [-0.05, 0) is 24.3 Å². The van der Waals surface area contributed by atoms with Gasteiger partial charge in [0, 0.05) is 6.20 Å². The molecule has 1 N–H and O–H groups in total. The lowest BCUT2D eigenvalue weighted by molar-refractivity contribution is 0.0945. The van der Waals surface area contributed by atoms with Gasteiger partial charge in [-0.25, -0.2) is 0 Å². The number of fused-ring (bicyclic) bond motifs is 1. The summed E-state index contributed by atoms with van der Waals surface area (Å²) in [6.45, 7) is 0.532. The Bertz CT molecular complexity index is 599. The number of aromatic nitrogens is 1. The van der Waals surface area contributed by atoms with Gasteiger partial charge in [0.2, 0.25) is 6.79 Å². The lowest BCUT2D eigenvalue weighted by Gasteiger charge is -2.07. The van der Waals surface area contributed by atoms with Crippen LogP contribution in [0.2, 0.25) is 0 Å². The van der Waals surface area contributed by atoms with E-state index in [-0.39, 0.29) is 12.7 Å². The minimum Gasteiger partial charge on any atom is -0.454 e. The van der Waals surface area contributed by atoms with Gasteiger partial charge in [-0.3, -0.25) is 9.78 Å². The van der Waals surface area contributed by atoms with Gasteiger partial charge in [0.25, 0.3) is 5.91 Å². The molecule has 0 atom stereocenters. The second-order valence-corrected chi connectivity index (χ2v) is 4.04. The van der Waals surface area contributed by atoms with Crippen LogP contribution < -0.4 is 14.8 Å². The van der Waals surface area contributed by atoms with Crippen LogP contribution in [-0.4, -0.2) is 17.7 Å². The monoisotopic (exact) mass is 256 g/mol. The van der Waals surface area contributed by atoms with Gasteiger partial charge in [0.1, 0.15) is 0 Å². The van der Waals surface area contributed by atoms with Crippen LogP contribution in [0.15, 0.2) is 42.6 Å². The summed E-state index contributed by atoms with van der Waals surface area (Å²) >= 11 is 0. The Kier molecular flexibility index (Phi) is 3.02. The average molecular weight is 256 g/mol. The van der Waals surface area contributed by atoms with E-state index >= 15 is 0 Å². The predicted molar refractivity (Wildman–Crippen MR) is 68.0 cm³/mol. The van der Waals surface area contributed by atoms with Crippen LogP contribution >= 0.6 is 0 Å². The smallest absolute Gasteiger partial charge is 0.255 e. The Morgan fingerprint density at radius 1 is 1.21 bits per heavy atom. The first kappa shape index (κ1) is 11.5. The first-order valence-corrected chi connectivity index (χ1v) is 5.91. The number of para-hydroxylation sites is 1. The fraction of sp³-hybridized carbons (Fsp3) is 0.143. The topological polar surface area (TPSA) is 60.5 Å². The van der Waals surface area contributed by atoms with Gasteiger partial charge < -0.3 is 14.8 Å². The number of benzene rings is 1. The molecule has 96 valence electrons. The number of ether oxygens (including phenoxy) is 2. The normalized spacial score (nSPS) is 12.2. The van der Waals surface area contributed by atoms with Crippen molar-refractivity contribution in [3.8, 4) is 11.5 Å². The Balaban J connectivity index is 1.73. The molecular formula is C14H12N2O3. The van der Waals surface area contributed by atoms with Gasteiger partial charge in [0.05, 0.1) is 17.8 Å². The zero-order chi connectivity index (χ0) is 13.1. The van der Waals surface area contributed by atoms with Crippen molar-refractivity contribution in [2.75, 3.05) is 6.79 Å². The van der Waals surface area contributed by atoms with Gasteiger partial charge >= 0.3 is 0 Å². The van der Waals surface area contributed by atoms with E-state index in [1.54, 1.807) is 24.4 Å². The molecule has 0 spiro atoms. The third-order valence-corrected chi connectivity index (χ3v) is 2.80. The molecule has 1 aliphatic rings. The summed E-state index contributed by atoms with van der Waals surface area (Å²) in [6.07, 6.45) is 1.69. The summed E-state index contributed by atoms with van der Waals surface area (Å²) in [5.41, 5.74) is 1.28. The Labute approximate surface area is 110 Å². The van der Waals surface area contributed by atoms with Crippen LogP contribution in [0.1, 0.15) is 16.1 Å². The van der Waals surface area contributed by atoms with E-state index in [2.05, 4.69) is 10.3 Å². The fourth-order valence-electron chi connectivity index (χ4n) is 1.88. The van der Waals surface area contributed by atoms with E-state index in [1.165, 1.54) is 0 Å². The van der Waals surface area contributed by atoms with Crippen LogP contribution in [0.4, 0.5) is 0 Å². The van der Waals surface area contributed by atoms with Crippen molar-refractivity contribution in [2.24, 2.45) is 0 Å². The SMILES string of the molecule is O=C(NCc1ccccn1)c1cccc2c1OCO2. The molecule has 0 radical (unpaired) electrons. The number of hydrogen-bond acceptors (Lipinski definition) is 4. The molecule has 2 heterocycles. The molecule has 5 nitrogen and oxygen atoms in total. The number of carbonyl (C=O) groups excluding carboxylic acids is 1. The highest BCUT2D eigenvalue weighted by atomic mass is 16.7. The molecule has 0 saturated carbocycles. The first-order chi connectivity index (χ1) is 9.34. The van der Waals surface area contributed by atoms with Gasteiger partial charge in [-0.15, -0.1) is 0 Å². The maximum absolute atomic E-state index is 12.1. The van der Waals surface area contributed by atoms with Crippen molar-refractivity contribution in [1.82, 2.24) is 10.3 Å². The summed E-state index contributed by atoms with van der Waals surface area (Å²) in [5, 5.41) is 2.81. The van der Waals surface area contributed by atoms with Crippen molar-refractivity contribution in [1.29, 1.82) is 0 Å². The predicted octanol–water partition coefficient (Wildman–Crippen LogP) is 1.74. The fourth-order valence-corrected chi connectivity index (χ4v) is 1.88. The van der Waals surface area contributed by atoms with E-state index in [9.17, 15) is 4.79 Å². The molecule has 5 heteroatoms. The van der Waals surface area contributed by atoms with E-state index < -0.39 is 0 Å². The Morgan fingerprint density at radius 3 is 3.00 bits per heavy atom. The number of amides is 1. The third-order valence-electron chi connectivity index (χ3n) is 2.80. The van der Waals surface area contributed by atoms with Crippen molar-refractivity contribution < 1.29 is 14.3 Å². The molecule has 1 amide bonds. The summed E-state index contributed by atoms with van der Waals surface area (Å²) in [6, 6.07) is 10.8. The number of nitrogens with one attached hydrogen (secondary N) is 1. The maximum Gasteiger partial charge on any atom is 0.255 e. The largest absolute Gasteiger partial charge is 0.454 e. The molecule has 0 bridgehead atoms. The average Bonchev–Trinajstić information content (AvgIpc) is 2.94. The van der Waals surface area contributed by atoms with E-state index in [0.717, 1.165) is 5.69 Å². The lowest BCUT2D eigenvalue weighted by atomic mass is 10.1. The minimum atomic E-state index is -0.201. The van der Waals surface area contributed by atoms with Crippen LogP contribution in [0.3, 0.4) is 0 Å². The summed E-state index contributed by atoms with van der Waals surface area (Å²) in [5.74, 6) is 0.902. The number of nitrogens with zero attached hydrogens (tertiary/aromatic N) is 1. The highest BCUT2D eigenvalue weighted by Gasteiger charge is 2.21. The molecule has 3 rings (SSSR count). The second-order valence-electron chi connectivity index (χ2n) is 4.04. The van der Waals surface area contributed by atoms with Gasteiger partial charge in [0.15, 0.2) is 11.5 Å². The van der Waals surface area contributed by atoms with Crippen molar-refractivity contribution in [2.45, 2.75) is 6.54 Å². The molecule has 1 aliphatic heterocycles. The molecule has 0 unspecified atom stereocenters. The maximum atomic E-state index is 12.1. The van der Waals surface area contributed by atoms with Gasteiger partial charge in [-0.1, -0.05) is 12.1 Å². The minimum absolute atomic E-state index is 0.153. The quantitative estimate of drug-likeness (QED) is 0.908. The molecule has 1 aromatic heterocycles. The first-order valence-electron chi connectivity index (χ1n) is 5.91. The van der Waals surface area contributed by atoms with E-state index in [0.29, 0.717) is 23.6 Å². The summed E-state index contributed by atoms with van der Waals surface area (Å²) < 4.78 is 10.5. The number of pyridine rings is 1. The van der Waals surface area contributed by atoms with E-state index in [4.69, 9.17) is 9.47 Å². The molecule has 2 aromatic rings. The molecule has 0 aliphatic carbocycles. The van der Waals surface area contributed by atoms with Gasteiger partial charge in [-0.2, -0.15) is 0 Å². The van der Waals surface area contributed by atoms with Crippen molar-refractivity contribution in [3.05, 3.63) is 53.9 Å². The summed E-state index contributed by atoms with van der Waals surface area (Å²) in [4.78, 5) is 16.2. The molecule has 19 heavy (non-hydrogen) atoms. The van der Waals surface area contributed by atoms with Crippen LogP contribution in [-0.2, 0) is 6.54 Å². The van der Waals surface area contributed by atoms with Crippen molar-refractivity contribution >= 4 is 5.91 Å².